The Kier molecular flexibility index (Phi) is 7.92. The van der Waals surface area contributed by atoms with E-state index in [0.717, 1.165) is 44.8 Å². The summed E-state index contributed by atoms with van der Waals surface area (Å²) in [7, 11) is 0. The van der Waals surface area contributed by atoms with E-state index in [1.54, 1.807) is 6.20 Å². The van der Waals surface area contributed by atoms with E-state index < -0.39 is 0 Å². The third kappa shape index (κ3) is 6.05. The molecule has 0 aliphatic carbocycles. The van der Waals surface area contributed by atoms with Crippen LogP contribution in [0, 0.1) is 0 Å². The Morgan fingerprint density at radius 1 is 0.292 bits per heavy atom. The van der Waals surface area contributed by atoms with Crippen molar-refractivity contribution in [2.45, 2.75) is 0 Å². The first-order chi connectivity index (χ1) is 23.8. The lowest BCUT2D eigenvalue weighted by Gasteiger charge is -2.14. The van der Waals surface area contributed by atoms with E-state index in [9.17, 15) is 0 Å². The Labute approximate surface area is 280 Å². The summed E-state index contributed by atoms with van der Waals surface area (Å²) in [6.45, 7) is 0. The van der Waals surface area contributed by atoms with Crippen molar-refractivity contribution in [2.24, 2.45) is 0 Å². The number of hydrogen-bond acceptors (Lipinski definition) is 3. The first-order valence-corrected chi connectivity index (χ1v) is 16.1. The molecule has 226 valence electrons. The number of pyridine rings is 1. The fourth-order valence-electron chi connectivity index (χ4n) is 6.11. The van der Waals surface area contributed by atoms with Crippen LogP contribution in [0.3, 0.4) is 0 Å². The van der Waals surface area contributed by atoms with Crippen LogP contribution >= 0.6 is 0 Å². The Morgan fingerprint density at radius 2 is 0.750 bits per heavy atom. The molecule has 0 fully saturated rings. The fraction of sp³-hybridized carbons (Fsp3) is 0. The van der Waals surface area contributed by atoms with Gasteiger partial charge in [-0.2, -0.15) is 0 Å². The molecule has 0 aliphatic heterocycles. The van der Waals surface area contributed by atoms with Crippen molar-refractivity contribution in [1.82, 2.24) is 15.0 Å². The van der Waals surface area contributed by atoms with E-state index in [4.69, 9.17) is 9.97 Å². The Hall–Kier alpha value is -6.45. The third-order valence-corrected chi connectivity index (χ3v) is 8.64. The molecule has 3 heteroatoms. The van der Waals surface area contributed by atoms with Crippen LogP contribution in [0.15, 0.2) is 188 Å². The fourth-order valence-corrected chi connectivity index (χ4v) is 6.11. The average Bonchev–Trinajstić information content (AvgIpc) is 3.19. The van der Waals surface area contributed by atoms with Gasteiger partial charge < -0.3 is 0 Å². The summed E-state index contributed by atoms with van der Waals surface area (Å²) in [5, 5.41) is 0. The molecule has 0 N–H and O–H groups in total. The van der Waals surface area contributed by atoms with Crippen LogP contribution in [0.25, 0.3) is 78.4 Å². The highest BCUT2D eigenvalue weighted by molar-refractivity contribution is 5.88. The molecule has 0 saturated heterocycles. The van der Waals surface area contributed by atoms with Gasteiger partial charge in [0, 0.05) is 29.1 Å². The van der Waals surface area contributed by atoms with Crippen LogP contribution in [-0.2, 0) is 0 Å². The van der Waals surface area contributed by atoms with Gasteiger partial charge in [0.1, 0.15) is 0 Å². The van der Waals surface area contributed by atoms with E-state index in [0.29, 0.717) is 5.82 Å². The number of rotatable bonds is 7. The molecule has 0 amide bonds. The zero-order valence-electron chi connectivity index (χ0n) is 26.2. The van der Waals surface area contributed by atoms with Gasteiger partial charge in [0.05, 0.1) is 11.4 Å². The van der Waals surface area contributed by atoms with Crippen LogP contribution in [0.1, 0.15) is 0 Å². The van der Waals surface area contributed by atoms with Crippen LogP contribution in [0.2, 0.25) is 0 Å². The van der Waals surface area contributed by atoms with Crippen molar-refractivity contribution >= 4 is 0 Å². The topological polar surface area (TPSA) is 38.7 Å². The van der Waals surface area contributed by atoms with Crippen LogP contribution in [-0.4, -0.2) is 15.0 Å². The molecule has 0 bridgehead atoms. The van der Waals surface area contributed by atoms with E-state index in [-0.39, 0.29) is 0 Å². The summed E-state index contributed by atoms with van der Waals surface area (Å²) in [6.07, 6.45) is 3.68. The molecular formula is C45H31N3. The van der Waals surface area contributed by atoms with Crippen molar-refractivity contribution in [1.29, 1.82) is 0 Å². The minimum Gasteiger partial charge on any atom is -0.264 e. The molecule has 8 aromatic rings. The van der Waals surface area contributed by atoms with Gasteiger partial charge in [-0.15, -0.1) is 0 Å². The summed E-state index contributed by atoms with van der Waals surface area (Å²) < 4.78 is 0. The second-order valence-electron chi connectivity index (χ2n) is 11.7. The number of hydrogen-bond donors (Lipinski definition) is 0. The minimum absolute atomic E-state index is 0.700. The highest BCUT2D eigenvalue weighted by Crippen LogP contribution is 2.37. The van der Waals surface area contributed by atoms with Gasteiger partial charge in [-0.1, -0.05) is 158 Å². The quantitative estimate of drug-likeness (QED) is 0.179. The summed E-state index contributed by atoms with van der Waals surface area (Å²) in [6, 6.07) is 61.4. The summed E-state index contributed by atoms with van der Waals surface area (Å²) in [5.74, 6) is 0.700. The van der Waals surface area contributed by atoms with Crippen molar-refractivity contribution < 1.29 is 0 Å². The van der Waals surface area contributed by atoms with Gasteiger partial charge in [-0.05, 0) is 62.7 Å². The molecule has 0 saturated carbocycles. The molecule has 2 heterocycles. The predicted octanol–water partition coefficient (Wildman–Crippen LogP) is 11.5. The summed E-state index contributed by atoms with van der Waals surface area (Å²) >= 11 is 0. The lowest BCUT2D eigenvalue weighted by molar-refractivity contribution is 1.18. The molecule has 0 unspecified atom stereocenters. The average molecular weight is 614 g/mol. The Balaban J connectivity index is 1.18. The van der Waals surface area contributed by atoms with E-state index >= 15 is 0 Å². The van der Waals surface area contributed by atoms with Gasteiger partial charge in [0.2, 0.25) is 0 Å². The van der Waals surface area contributed by atoms with Gasteiger partial charge >= 0.3 is 0 Å². The SMILES string of the molecule is c1ccc(-c2ccc(-c3ccc(-c4cc(-c5ccc(-c6cccnc6)cc5)nc(-c5ccccc5)n4)cc3)c(-c3ccccc3)c2)cc1. The maximum absolute atomic E-state index is 5.06. The van der Waals surface area contributed by atoms with Gasteiger partial charge in [0.15, 0.2) is 5.82 Å². The molecule has 2 aromatic heterocycles. The van der Waals surface area contributed by atoms with Crippen LogP contribution in [0.5, 0.6) is 0 Å². The van der Waals surface area contributed by atoms with Crippen LogP contribution < -0.4 is 0 Å². The van der Waals surface area contributed by atoms with Gasteiger partial charge in [-0.3, -0.25) is 4.98 Å². The monoisotopic (exact) mass is 613 g/mol. The second-order valence-corrected chi connectivity index (χ2v) is 11.7. The molecule has 3 nitrogen and oxygen atoms in total. The largest absolute Gasteiger partial charge is 0.264 e. The normalized spacial score (nSPS) is 10.9. The number of nitrogens with zero attached hydrogens (tertiary/aromatic N) is 3. The van der Waals surface area contributed by atoms with Crippen molar-refractivity contribution in [2.75, 3.05) is 0 Å². The summed E-state index contributed by atoms with van der Waals surface area (Å²) in [5.41, 5.74) is 14.2. The van der Waals surface area contributed by atoms with E-state index in [1.807, 2.05) is 30.5 Å². The lowest BCUT2D eigenvalue weighted by atomic mass is 9.90. The molecular weight excluding hydrogens is 583 g/mol. The molecule has 0 spiro atoms. The van der Waals surface area contributed by atoms with E-state index in [1.165, 1.54) is 27.8 Å². The first-order valence-electron chi connectivity index (χ1n) is 16.1. The van der Waals surface area contributed by atoms with Gasteiger partial charge in [-0.25, -0.2) is 9.97 Å². The second kappa shape index (κ2) is 13.1. The smallest absolute Gasteiger partial charge is 0.160 e. The first kappa shape index (κ1) is 29.0. The number of benzene rings is 6. The van der Waals surface area contributed by atoms with Crippen molar-refractivity contribution in [3.63, 3.8) is 0 Å². The molecule has 0 aliphatic rings. The molecule has 0 atom stereocenters. The summed E-state index contributed by atoms with van der Waals surface area (Å²) in [4.78, 5) is 14.4. The lowest BCUT2D eigenvalue weighted by Crippen LogP contribution is -1.96. The zero-order chi connectivity index (χ0) is 32.1. The minimum atomic E-state index is 0.700. The zero-order valence-corrected chi connectivity index (χ0v) is 26.2. The molecule has 48 heavy (non-hydrogen) atoms. The van der Waals surface area contributed by atoms with Crippen LogP contribution in [0.4, 0.5) is 0 Å². The molecule has 6 aromatic carbocycles. The van der Waals surface area contributed by atoms with Crippen molar-refractivity contribution in [3.05, 3.63) is 188 Å². The van der Waals surface area contributed by atoms with Crippen molar-refractivity contribution in [3.8, 4) is 78.4 Å². The number of aromatic nitrogens is 3. The highest BCUT2D eigenvalue weighted by atomic mass is 14.9. The Morgan fingerprint density at radius 3 is 1.33 bits per heavy atom. The highest BCUT2D eigenvalue weighted by Gasteiger charge is 2.13. The molecule has 0 radical (unpaired) electrons. The maximum atomic E-state index is 5.06. The standard InChI is InChI=1S/C45H31N3/c1-4-11-32(12-5-1)39-26-27-41(42(29-39)34-13-6-2-7-14-34)35-20-24-37(25-21-35)44-30-43(47-45(48-44)38-15-8-3-9-16-38)36-22-18-33(19-23-36)40-17-10-28-46-31-40/h1-31H. The third-order valence-electron chi connectivity index (χ3n) is 8.64. The Bertz CT molecular complexity index is 2280. The van der Waals surface area contributed by atoms with Gasteiger partial charge in [0.25, 0.3) is 0 Å². The predicted molar refractivity (Wildman–Crippen MR) is 198 cm³/mol. The van der Waals surface area contributed by atoms with E-state index in [2.05, 4.69) is 157 Å². The maximum Gasteiger partial charge on any atom is 0.160 e. The molecule has 8 rings (SSSR count).